The molecule has 0 spiro atoms. The maximum Gasteiger partial charge on any atom is 0.414 e. The maximum absolute atomic E-state index is 12.3. The van der Waals surface area contributed by atoms with Gasteiger partial charge in [0.2, 0.25) is 5.88 Å². The van der Waals surface area contributed by atoms with Crippen LogP contribution in [0.3, 0.4) is 0 Å². The van der Waals surface area contributed by atoms with Gasteiger partial charge >= 0.3 is 6.09 Å². The molecule has 3 rings (SSSR count). The highest BCUT2D eigenvalue weighted by atomic mass is 79.9. The van der Waals surface area contributed by atoms with E-state index in [0.717, 1.165) is 23.0 Å². The molecular weight excluding hydrogens is 406 g/mol. The number of hydrogen-bond acceptors (Lipinski definition) is 3. The lowest BCUT2D eigenvalue weighted by molar-refractivity contribution is 0.188. The summed E-state index contributed by atoms with van der Waals surface area (Å²) in [5.41, 5.74) is 2.25. The van der Waals surface area contributed by atoms with Crippen LogP contribution in [0.1, 0.15) is 49.4 Å². The zero-order valence-electron chi connectivity index (χ0n) is 16.2. The van der Waals surface area contributed by atoms with Crippen LogP contribution < -0.4 is 10.1 Å². The molecule has 1 atom stereocenters. The van der Waals surface area contributed by atoms with Crippen LogP contribution in [-0.4, -0.2) is 35.7 Å². The molecule has 1 amide bonds. The van der Waals surface area contributed by atoms with Crippen molar-refractivity contribution in [3.05, 3.63) is 52.1 Å². The number of amides is 1. The van der Waals surface area contributed by atoms with E-state index in [4.69, 9.17) is 4.74 Å². The minimum Gasteiger partial charge on any atom is -0.393 e. The molecule has 1 aromatic carbocycles. The number of carbonyl (C=O) groups excluding carboxylic acids is 1. The molecule has 1 heterocycles. The Hall–Kier alpha value is -1.79. The van der Waals surface area contributed by atoms with Gasteiger partial charge in [-0.15, -0.1) is 0 Å². The van der Waals surface area contributed by atoms with E-state index in [9.17, 15) is 4.79 Å². The Kier molecular flexibility index (Phi) is 6.60. The number of carbonyl (C=O) groups is 1. The van der Waals surface area contributed by atoms with Crippen LogP contribution in [0.25, 0.3) is 0 Å². The number of aromatic nitrogens is 1. The molecule has 2 aromatic rings. The smallest absolute Gasteiger partial charge is 0.393 e. The number of hydrogen-bond donors (Lipinski definition) is 1. The summed E-state index contributed by atoms with van der Waals surface area (Å²) < 4.78 is 8.61. The van der Waals surface area contributed by atoms with Crippen molar-refractivity contribution < 1.29 is 9.53 Å². The standard InChI is InChI=1S/C21H28BrN3O2/c1-24(2)20(15-9-11-16(22)12-10-15)18-13-14-19(25(18)3)27-21(26)23-17-7-5-4-6-8-17/h9-14,17,20H,4-8H2,1-3H3,(H,23,26). The number of benzene rings is 1. The van der Waals surface area contributed by atoms with E-state index in [1.54, 1.807) is 0 Å². The Morgan fingerprint density at radius 1 is 1.15 bits per heavy atom. The molecular formula is C21H28BrN3O2. The van der Waals surface area contributed by atoms with Crippen molar-refractivity contribution in [1.82, 2.24) is 14.8 Å². The minimum absolute atomic E-state index is 0.0712. The molecule has 6 heteroatoms. The van der Waals surface area contributed by atoms with Crippen LogP contribution in [-0.2, 0) is 7.05 Å². The second-order valence-corrected chi connectivity index (χ2v) is 8.36. The molecule has 1 aromatic heterocycles. The quantitative estimate of drug-likeness (QED) is 0.731. The Balaban J connectivity index is 1.74. The van der Waals surface area contributed by atoms with Gasteiger partial charge in [-0.3, -0.25) is 4.90 Å². The van der Waals surface area contributed by atoms with Crippen LogP contribution in [0, 0.1) is 0 Å². The Bertz CT molecular complexity index is 764. The minimum atomic E-state index is -0.361. The van der Waals surface area contributed by atoms with E-state index in [1.165, 1.54) is 24.8 Å². The molecule has 5 nitrogen and oxygen atoms in total. The Morgan fingerprint density at radius 2 is 1.81 bits per heavy atom. The van der Waals surface area contributed by atoms with E-state index in [-0.39, 0.29) is 18.2 Å². The van der Waals surface area contributed by atoms with E-state index in [0.29, 0.717) is 5.88 Å². The predicted molar refractivity (Wildman–Crippen MR) is 111 cm³/mol. The van der Waals surface area contributed by atoms with Crippen molar-refractivity contribution in [2.75, 3.05) is 14.1 Å². The number of halogens is 1. The zero-order valence-corrected chi connectivity index (χ0v) is 17.8. The van der Waals surface area contributed by atoms with E-state index < -0.39 is 0 Å². The predicted octanol–water partition coefficient (Wildman–Crippen LogP) is 4.86. The van der Waals surface area contributed by atoms with Gasteiger partial charge in [0.05, 0.1) is 6.04 Å². The van der Waals surface area contributed by atoms with Gasteiger partial charge in [-0.1, -0.05) is 47.3 Å². The second-order valence-electron chi connectivity index (χ2n) is 7.44. The van der Waals surface area contributed by atoms with Gasteiger partial charge in [-0.25, -0.2) is 4.79 Å². The van der Waals surface area contributed by atoms with Gasteiger partial charge in [0.1, 0.15) is 0 Å². The Morgan fingerprint density at radius 3 is 2.44 bits per heavy atom. The van der Waals surface area contributed by atoms with Crippen molar-refractivity contribution in [2.24, 2.45) is 7.05 Å². The van der Waals surface area contributed by atoms with Gasteiger partial charge in [0, 0.05) is 29.3 Å². The fraction of sp³-hybridized carbons (Fsp3) is 0.476. The van der Waals surface area contributed by atoms with Crippen molar-refractivity contribution in [2.45, 2.75) is 44.2 Å². The van der Waals surface area contributed by atoms with Crippen LogP contribution >= 0.6 is 15.9 Å². The lowest BCUT2D eigenvalue weighted by Gasteiger charge is -2.26. The summed E-state index contributed by atoms with van der Waals surface area (Å²) >= 11 is 3.49. The average molecular weight is 434 g/mol. The van der Waals surface area contributed by atoms with E-state index in [1.807, 2.05) is 35.9 Å². The van der Waals surface area contributed by atoms with Crippen LogP contribution in [0.15, 0.2) is 40.9 Å². The lowest BCUT2D eigenvalue weighted by atomic mass is 9.96. The highest BCUT2D eigenvalue weighted by molar-refractivity contribution is 9.10. The van der Waals surface area contributed by atoms with Crippen molar-refractivity contribution in [1.29, 1.82) is 0 Å². The lowest BCUT2D eigenvalue weighted by Crippen LogP contribution is -2.38. The maximum atomic E-state index is 12.3. The fourth-order valence-electron chi connectivity index (χ4n) is 3.80. The third kappa shape index (κ3) is 4.93. The average Bonchev–Trinajstić information content (AvgIpc) is 2.98. The summed E-state index contributed by atoms with van der Waals surface area (Å²) in [7, 11) is 6.04. The first-order valence-electron chi connectivity index (χ1n) is 9.51. The molecule has 146 valence electrons. The molecule has 1 saturated carbocycles. The highest BCUT2D eigenvalue weighted by Gasteiger charge is 2.23. The van der Waals surface area contributed by atoms with E-state index >= 15 is 0 Å². The van der Waals surface area contributed by atoms with Crippen molar-refractivity contribution in [3.63, 3.8) is 0 Å². The molecule has 1 N–H and O–H groups in total. The molecule has 0 aliphatic heterocycles. The van der Waals surface area contributed by atoms with Crippen LogP contribution in [0.4, 0.5) is 4.79 Å². The summed E-state index contributed by atoms with van der Waals surface area (Å²) in [5.74, 6) is 0.558. The number of nitrogens with one attached hydrogen (secondary N) is 1. The molecule has 0 bridgehead atoms. The summed E-state index contributed by atoms with van der Waals surface area (Å²) in [6.07, 6.45) is 5.34. The molecule has 1 unspecified atom stereocenters. The molecule has 1 aliphatic carbocycles. The largest absolute Gasteiger partial charge is 0.414 e. The molecule has 0 saturated heterocycles. The van der Waals surface area contributed by atoms with Gasteiger partial charge in [0.15, 0.2) is 0 Å². The zero-order chi connectivity index (χ0) is 19.4. The molecule has 1 fully saturated rings. The topological polar surface area (TPSA) is 46.5 Å². The molecule has 1 aliphatic rings. The number of rotatable bonds is 5. The summed E-state index contributed by atoms with van der Waals surface area (Å²) in [4.78, 5) is 14.4. The highest BCUT2D eigenvalue weighted by Crippen LogP contribution is 2.31. The first kappa shape index (κ1) is 20.0. The second kappa shape index (κ2) is 8.93. The first-order chi connectivity index (χ1) is 13.0. The van der Waals surface area contributed by atoms with Crippen molar-refractivity contribution in [3.8, 4) is 5.88 Å². The van der Waals surface area contributed by atoms with Gasteiger partial charge in [-0.2, -0.15) is 0 Å². The van der Waals surface area contributed by atoms with Gasteiger partial charge in [0.25, 0.3) is 0 Å². The van der Waals surface area contributed by atoms with Gasteiger partial charge in [-0.05, 0) is 50.7 Å². The van der Waals surface area contributed by atoms with Gasteiger partial charge < -0.3 is 14.6 Å². The SMILES string of the molecule is CN(C)C(c1ccc(Br)cc1)c1ccc(OC(=O)NC2CCCCC2)n1C. The van der Waals surface area contributed by atoms with Crippen molar-refractivity contribution >= 4 is 22.0 Å². The summed E-state index contributed by atoms with van der Waals surface area (Å²) in [6.45, 7) is 0. The normalized spacial score (nSPS) is 16.3. The summed E-state index contributed by atoms with van der Waals surface area (Å²) in [5, 5.41) is 3.00. The van der Waals surface area contributed by atoms with Crippen LogP contribution in [0.2, 0.25) is 0 Å². The Labute approximate surface area is 169 Å². The summed E-state index contributed by atoms with van der Waals surface area (Å²) in [6, 6.07) is 12.5. The molecule has 27 heavy (non-hydrogen) atoms. The third-order valence-corrected chi connectivity index (χ3v) is 5.75. The first-order valence-corrected chi connectivity index (χ1v) is 10.3. The third-order valence-electron chi connectivity index (χ3n) is 5.22. The number of nitrogens with zero attached hydrogens (tertiary/aromatic N) is 2. The van der Waals surface area contributed by atoms with E-state index in [2.05, 4.69) is 52.4 Å². The van der Waals surface area contributed by atoms with Crippen LogP contribution in [0.5, 0.6) is 5.88 Å². The number of ether oxygens (including phenoxy) is 1. The molecule has 0 radical (unpaired) electrons. The monoisotopic (exact) mass is 433 g/mol. The fourth-order valence-corrected chi connectivity index (χ4v) is 4.07.